The highest BCUT2D eigenvalue weighted by atomic mass is 16.7. The van der Waals surface area contributed by atoms with E-state index in [1.807, 2.05) is 24.3 Å². The number of aromatic nitrogens is 2. The van der Waals surface area contributed by atoms with E-state index in [0.29, 0.717) is 18.2 Å². The van der Waals surface area contributed by atoms with Crippen LogP contribution in [0.1, 0.15) is 67.1 Å². The van der Waals surface area contributed by atoms with Gasteiger partial charge in [0.05, 0.1) is 17.2 Å². The molecular formula is C32H26N4O6. The molecular weight excluding hydrogens is 536 g/mol. The van der Waals surface area contributed by atoms with Gasteiger partial charge in [0.1, 0.15) is 6.61 Å². The van der Waals surface area contributed by atoms with E-state index in [2.05, 4.69) is 29.4 Å². The number of nitrogens with zero attached hydrogens (tertiary/aromatic N) is 4. The zero-order valence-corrected chi connectivity index (χ0v) is 22.5. The Balaban J connectivity index is 0.986. The zero-order valence-electron chi connectivity index (χ0n) is 22.5. The summed E-state index contributed by atoms with van der Waals surface area (Å²) in [4.78, 5) is 57.8. The van der Waals surface area contributed by atoms with Gasteiger partial charge in [-0.05, 0) is 53.3 Å². The summed E-state index contributed by atoms with van der Waals surface area (Å²) in [5, 5.41) is 4.81. The standard InChI is InChI=1S/C32H26N4O6/c37-29-25-13-5-6-14-26(25)30(38)36(29)42-31(39)28-15-17-35(33-28)20-8-7-16-34(18-20)32(40)41-19-27-23-11-3-1-9-21(23)22-10-2-4-12-24(22)27/h1-6,9-15,17,20,27H,7-8,16,18-19H2. The number of fused-ring (bicyclic) bond motifs is 4. The second kappa shape index (κ2) is 10.3. The number of carbonyl (C=O) groups excluding carboxylic acids is 4. The molecule has 0 bridgehead atoms. The Hall–Kier alpha value is -5.25. The van der Waals surface area contributed by atoms with Crippen molar-refractivity contribution in [3.8, 4) is 11.1 Å². The molecule has 0 N–H and O–H groups in total. The summed E-state index contributed by atoms with van der Waals surface area (Å²) >= 11 is 0. The van der Waals surface area contributed by atoms with Gasteiger partial charge in [0.15, 0.2) is 5.69 Å². The third kappa shape index (κ3) is 4.32. The quantitative estimate of drug-likeness (QED) is 0.320. The second-order valence-electron chi connectivity index (χ2n) is 10.6. The first-order valence-corrected chi connectivity index (χ1v) is 13.8. The van der Waals surface area contributed by atoms with Gasteiger partial charge in [-0.25, -0.2) is 9.59 Å². The number of piperidine rings is 1. The van der Waals surface area contributed by atoms with Crippen LogP contribution in [0.3, 0.4) is 0 Å². The van der Waals surface area contributed by atoms with E-state index in [4.69, 9.17) is 9.57 Å². The van der Waals surface area contributed by atoms with Gasteiger partial charge in [0.25, 0.3) is 11.8 Å². The van der Waals surface area contributed by atoms with Crippen LogP contribution in [-0.4, -0.2) is 63.3 Å². The molecule has 1 saturated heterocycles. The first-order chi connectivity index (χ1) is 20.5. The molecule has 1 unspecified atom stereocenters. The van der Waals surface area contributed by atoms with Crippen molar-refractivity contribution in [2.45, 2.75) is 24.8 Å². The minimum Gasteiger partial charge on any atom is -0.448 e. The van der Waals surface area contributed by atoms with Gasteiger partial charge in [0, 0.05) is 25.2 Å². The molecule has 1 aliphatic carbocycles. The Bertz CT molecular complexity index is 1670. The SMILES string of the molecule is O=C(ON1C(=O)c2ccccc2C1=O)c1ccn(C2CCCN(C(=O)OCC3c4ccccc4-c4ccccc43)C2)n1. The van der Waals surface area contributed by atoms with E-state index in [-0.39, 0.29) is 41.5 Å². The first-order valence-electron chi connectivity index (χ1n) is 13.8. The largest absolute Gasteiger partial charge is 0.448 e. The third-order valence-corrected chi connectivity index (χ3v) is 8.11. The van der Waals surface area contributed by atoms with Crippen LogP contribution in [0, 0.1) is 0 Å². The van der Waals surface area contributed by atoms with Crippen molar-refractivity contribution < 1.29 is 28.8 Å². The smallest absolute Gasteiger partial charge is 0.409 e. The average molecular weight is 563 g/mol. The normalized spacial score (nSPS) is 17.6. The van der Waals surface area contributed by atoms with Crippen LogP contribution in [0.15, 0.2) is 85.1 Å². The summed E-state index contributed by atoms with van der Waals surface area (Å²) in [7, 11) is 0. The fourth-order valence-electron chi connectivity index (χ4n) is 6.05. The number of ether oxygens (including phenoxy) is 1. The molecule has 7 rings (SSSR count). The molecule has 4 aromatic rings. The van der Waals surface area contributed by atoms with Crippen molar-refractivity contribution in [3.05, 3.63) is 113 Å². The topological polar surface area (TPSA) is 111 Å². The van der Waals surface area contributed by atoms with Gasteiger partial charge < -0.3 is 14.5 Å². The Labute approximate surface area is 241 Å². The molecule has 210 valence electrons. The Morgan fingerprint density at radius 1 is 0.810 bits per heavy atom. The predicted octanol–water partition coefficient (Wildman–Crippen LogP) is 4.84. The van der Waals surface area contributed by atoms with Crippen molar-refractivity contribution in [1.82, 2.24) is 19.7 Å². The molecule has 1 atom stereocenters. The lowest BCUT2D eigenvalue weighted by Crippen LogP contribution is -2.41. The van der Waals surface area contributed by atoms with Gasteiger partial charge in [-0.15, -0.1) is 0 Å². The van der Waals surface area contributed by atoms with E-state index in [1.54, 1.807) is 27.9 Å². The molecule has 0 saturated carbocycles. The Morgan fingerprint density at radius 3 is 2.05 bits per heavy atom. The molecule has 0 radical (unpaired) electrons. The number of hydroxylamine groups is 2. The number of carbonyl (C=O) groups is 4. The monoisotopic (exact) mass is 562 g/mol. The minimum absolute atomic E-state index is 0.0243. The third-order valence-electron chi connectivity index (χ3n) is 8.11. The van der Waals surface area contributed by atoms with Crippen molar-refractivity contribution in [2.24, 2.45) is 0 Å². The predicted molar refractivity (Wildman–Crippen MR) is 149 cm³/mol. The highest BCUT2D eigenvalue weighted by molar-refractivity contribution is 6.21. The molecule has 3 aromatic carbocycles. The van der Waals surface area contributed by atoms with Crippen LogP contribution in [0.25, 0.3) is 11.1 Å². The molecule has 3 amide bonds. The van der Waals surface area contributed by atoms with Crippen LogP contribution in [0.5, 0.6) is 0 Å². The summed E-state index contributed by atoms with van der Waals surface area (Å²) in [5.41, 5.74) is 4.95. The van der Waals surface area contributed by atoms with Gasteiger partial charge >= 0.3 is 12.1 Å². The van der Waals surface area contributed by atoms with E-state index in [1.165, 1.54) is 29.3 Å². The summed E-state index contributed by atoms with van der Waals surface area (Å²) < 4.78 is 7.45. The van der Waals surface area contributed by atoms with Crippen LogP contribution in [0.4, 0.5) is 4.79 Å². The number of imide groups is 1. The average Bonchev–Trinajstić information content (AvgIpc) is 3.71. The van der Waals surface area contributed by atoms with Gasteiger partial charge in [-0.3, -0.25) is 14.3 Å². The van der Waals surface area contributed by atoms with Crippen LogP contribution >= 0.6 is 0 Å². The van der Waals surface area contributed by atoms with E-state index in [9.17, 15) is 19.2 Å². The lowest BCUT2D eigenvalue weighted by Gasteiger charge is -2.32. The number of hydrogen-bond acceptors (Lipinski definition) is 7. The maximum atomic E-state index is 13.1. The molecule has 10 heteroatoms. The van der Waals surface area contributed by atoms with Crippen LogP contribution < -0.4 is 0 Å². The molecule has 1 fully saturated rings. The van der Waals surface area contributed by atoms with E-state index < -0.39 is 17.8 Å². The highest BCUT2D eigenvalue weighted by Gasteiger charge is 2.39. The van der Waals surface area contributed by atoms with Gasteiger partial charge in [-0.1, -0.05) is 65.7 Å². The summed E-state index contributed by atoms with van der Waals surface area (Å²) in [6, 6.07) is 24.0. The Kier molecular flexibility index (Phi) is 6.30. The van der Waals surface area contributed by atoms with Gasteiger partial charge in [-0.2, -0.15) is 5.10 Å². The number of benzene rings is 3. The Morgan fingerprint density at radius 2 is 1.40 bits per heavy atom. The van der Waals surface area contributed by atoms with Crippen molar-refractivity contribution in [1.29, 1.82) is 0 Å². The molecule has 3 heterocycles. The van der Waals surface area contributed by atoms with E-state index >= 15 is 0 Å². The molecule has 3 aliphatic rings. The molecule has 0 spiro atoms. The fourth-order valence-corrected chi connectivity index (χ4v) is 6.05. The summed E-state index contributed by atoms with van der Waals surface area (Å²) in [6.07, 6.45) is 2.73. The highest BCUT2D eigenvalue weighted by Crippen LogP contribution is 2.44. The van der Waals surface area contributed by atoms with Gasteiger partial charge in [0.2, 0.25) is 0 Å². The zero-order chi connectivity index (χ0) is 28.8. The fraction of sp³-hybridized carbons (Fsp3) is 0.219. The molecule has 10 nitrogen and oxygen atoms in total. The lowest BCUT2D eigenvalue weighted by atomic mass is 9.98. The number of amides is 3. The van der Waals surface area contributed by atoms with Crippen molar-refractivity contribution >= 4 is 23.9 Å². The van der Waals surface area contributed by atoms with Crippen molar-refractivity contribution in [2.75, 3.05) is 19.7 Å². The number of hydrogen-bond donors (Lipinski definition) is 0. The number of likely N-dealkylation sites (tertiary alicyclic amines) is 1. The van der Waals surface area contributed by atoms with Crippen molar-refractivity contribution in [3.63, 3.8) is 0 Å². The van der Waals surface area contributed by atoms with Crippen LogP contribution in [0.2, 0.25) is 0 Å². The summed E-state index contributed by atoms with van der Waals surface area (Å²) in [5.74, 6) is -2.35. The molecule has 1 aromatic heterocycles. The summed E-state index contributed by atoms with van der Waals surface area (Å²) in [6.45, 7) is 1.16. The number of rotatable bonds is 5. The maximum absolute atomic E-state index is 13.1. The maximum Gasteiger partial charge on any atom is 0.409 e. The minimum atomic E-state index is -0.924. The van der Waals surface area contributed by atoms with E-state index in [0.717, 1.165) is 24.0 Å². The van der Waals surface area contributed by atoms with Crippen LogP contribution in [-0.2, 0) is 9.57 Å². The lowest BCUT2D eigenvalue weighted by molar-refractivity contribution is -0.0589. The first kappa shape index (κ1) is 25.7. The molecule has 2 aliphatic heterocycles. The molecule has 42 heavy (non-hydrogen) atoms. The second-order valence-corrected chi connectivity index (χ2v) is 10.6.